The molecule has 0 N–H and O–H groups in total. The number of likely N-dealkylation sites (tertiary alicyclic amines) is 1. The van der Waals surface area contributed by atoms with Gasteiger partial charge in [-0.25, -0.2) is 0 Å². The maximum absolute atomic E-state index is 13.1. The molecular formula is C20H22ClNOS. The van der Waals surface area contributed by atoms with E-state index in [9.17, 15) is 4.79 Å². The minimum absolute atomic E-state index is 0.0901. The minimum Gasteiger partial charge on any atom is -0.330 e. The lowest BCUT2D eigenvalue weighted by Gasteiger charge is -2.52. The highest BCUT2D eigenvalue weighted by atomic mass is 35.5. The maximum Gasteiger partial charge on any atom is 0.264 e. The average Bonchev–Trinajstić information content (AvgIpc) is 3.15. The molecule has 24 heavy (non-hydrogen) atoms. The second-order valence-corrected chi connectivity index (χ2v) is 8.67. The van der Waals surface area contributed by atoms with Crippen molar-refractivity contribution in [2.45, 2.75) is 43.0 Å². The molecule has 1 aliphatic heterocycles. The third-order valence-corrected chi connectivity index (χ3v) is 7.16. The third-order valence-electron chi connectivity index (χ3n) is 5.64. The Morgan fingerprint density at radius 3 is 2.71 bits per heavy atom. The van der Waals surface area contributed by atoms with Crippen LogP contribution < -0.4 is 0 Å². The molecule has 2 aromatic rings. The van der Waals surface area contributed by atoms with Gasteiger partial charge in [0.2, 0.25) is 0 Å². The van der Waals surface area contributed by atoms with Crippen LogP contribution in [0.2, 0.25) is 0 Å². The molecule has 4 heteroatoms. The van der Waals surface area contributed by atoms with Gasteiger partial charge >= 0.3 is 0 Å². The van der Waals surface area contributed by atoms with Gasteiger partial charge in [-0.05, 0) is 36.3 Å². The first-order valence-corrected chi connectivity index (χ1v) is 10.0. The number of hydrogen-bond acceptors (Lipinski definition) is 2. The summed E-state index contributed by atoms with van der Waals surface area (Å²) in [6.07, 6.45) is 5.50. The van der Waals surface area contributed by atoms with Crippen molar-refractivity contribution >= 4 is 28.8 Å². The van der Waals surface area contributed by atoms with Gasteiger partial charge in [0.05, 0.1) is 15.8 Å². The maximum atomic E-state index is 13.1. The average molecular weight is 360 g/mol. The summed E-state index contributed by atoms with van der Waals surface area (Å²) in [4.78, 5) is 15.9. The van der Waals surface area contributed by atoms with Crippen LogP contribution in [0.1, 0.15) is 53.4 Å². The van der Waals surface area contributed by atoms with Gasteiger partial charge in [0.1, 0.15) is 0 Å². The first-order valence-electron chi connectivity index (χ1n) is 8.77. The molecule has 2 fully saturated rings. The van der Waals surface area contributed by atoms with Gasteiger partial charge < -0.3 is 4.90 Å². The number of hydrogen-bond donors (Lipinski definition) is 0. The van der Waals surface area contributed by atoms with Gasteiger partial charge in [0.15, 0.2) is 0 Å². The van der Waals surface area contributed by atoms with Crippen LogP contribution in [0, 0.1) is 5.92 Å². The summed E-state index contributed by atoms with van der Waals surface area (Å²) < 4.78 is 0. The molecule has 2 heterocycles. The number of nitrogens with zero attached hydrogens (tertiary/aromatic N) is 1. The Morgan fingerprint density at radius 1 is 1.12 bits per heavy atom. The lowest BCUT2D eigenvalue weighted by molar-refractivity contribution is 0.0283. The van der Waals surface area contributed by atoms with Gasteiger partial charge in [0, 0.05) is 12.5 Å². The molecular weight excluding hydrogens is 338 g/mol. The first kappa shape index (κ1) is 16.2. The van der Waals surface area contributed by atoms with E-state index in [2.05, 4.69) is 29.2 Å². The van der Waals surface area contributed by atoms with Gasteiger partial charge in [-0.3, -0.25) is 4.79 Å². The largest absolute Gasteiger partial charge is 0.330 e. The van der Waals surface area contributed by atoms with Gasteiger partial charge in [-0.15, -0.1) is 22.9 Å². The summed E-state index contributed by atoms with van der Waals surface area (Å²) >= 11 is 8.61. The van der Waals surface area contributed by atoms with E-state index in [0.29, 0.717) is 5.92 Å². The van der Waals surface area contributed by atoms with Gasteiger partial charge in [-0.2, -0.15) is 0 Å². The molecule has 1 aromatic carbocycles. The summed E-state index contributed by atoms with van der Waals surface area (Å²) in [5.74, 6) is 0.496. The van der Waals surface area contributed by atoms with Crippen LogP contribution in [0.4, 0.5) is 0 Å². The number of alkyl halides is 1. The number of benzene rings is 1. The zero-order valence-corrected chi connectivity index (χ0v) is 15.2. The van der Waals surface area contributed by atoms with E-state index < -0.39 is 0 Å². The molecule has 126 valence electrons. The van der Waals surface area contributed by atoms with Crippen LogP contribution in [-0.2, 0) is 0 Å². The Morgan fingerprint density at radius 2 is 1.96 bits per heavy atom. The third kappa shape index (κ3) is 2.78. The molecule has 2 nitrogen and oxygen atoms in total. The zero-order chi connectivity index (χ0) is 16.6. The fourth-order valence-electron chi connectivity index (χ4n) is 4.47. The lowest BCUT2D eigenvalue weighted by Crippen LogP contribution is -2.53. The summed E-state index contributed by atoms with van der Waals surface area (Å²) in [5, 5.41) is 1.97. The molecule has 0 bridgehead atoms. The van der Waals surface area contributed by atoms with Crippen molar-refractivity contribution in [3.05, 3.63) is 58.3 Å². The van der Waals surface area contributed by atoms with Gasteiger partial charge in [-0.1, -0.05) is 49.2 Å². The minimum atomic E-state index is -0.148. The molecule has 0 radical (unpaired) electrons. The highest BCUT2D eigenvalue weighted by molar-refractivity contribution is 7.12. The highest BCUT2D eigenvalue weighted by Gasteiger charge is 2.50. The first-order chi connectivity index (χ1) is 11.7. The van der Waals surface area contributed by atoms with Crippen molar-refractivity contribution < 1.29 is 4.79 Å². The SMILES string of the molecule is O=C(c1cccs1)N1CC[C@]2(Cl)CCCC[C@@H]2[C@@H]1c1ccccc1. The second kappa shape index (κ2) is 6.53. The number of rotatable bonds is 2. The van der Waals surface area contributed by atoms with Crippen molar-refractivity contribution in [3.63, 3.8) is 0 Å². The second-order valence-electron chi connectivity index (χ2n) is 6.97. The molecule has 3 atom stereocenters. The summed E-state index contributed by atoms with van der Waals surface area (Å²) in [7, 11) is 0. The van der Waals surface area contributed by atoms with Crippen LogP contribution in [0.25, 0.3) is 0 Å². The summed E-state index contributed by atoms with van der Waals surface area (Å²) in [6, 6.07) is 14.4. The summed E-state index contributed by atoms with van der Waals surface area (Å²) in [6.45, 7) is 0.746. The fraction of sp³-hybridized carbons (Fsp3) is 0.450. The van der Waals surface area contributed by atoms with Crippen molar-refractivity contribution in [2.24, 2.45) is 5.92 Å². The Hall–Kier alpha value is -1.32. The Labute approximate surface area is 152 Å². The molecule has 1 saturated heterocycles. The van der Waals surface area contributed by atoms with E-state index in [1.54, 1.807) is 0 Å². The number of halogens is 1. The molecule has 1 saturated carbocycles. The monoisotopic (exact) mass is 359 g/mol. The van der Waals surface area contributed by atoms with Crippen molar-refractivity contribution in [2.75, 3.05) is 6.54 Å². The van der Waals surface area contributed by atoms with Crippen LogP contribution >= 0.6 is 22.9 Å². The predicted octanol–water partition coefficient (Wildman–Crippen LogP) is 5.50. The molecule has 1 amide bonds. The van der Waals surface area contributed by atoms with Crippen molar-refractivity contribution in [1.82, 2.24) is 4.90 Å². The number of carbonyl (C=O) groups excluding carboxylic acids is 1. The van der Waals surface area contributed by atoms with Gasteiger partial charge in [0.25, 0.3) is 5.91 Å². The Bertz CT molecular complexity index is 702. The van der Waals surface area contributed by atoms with Crippen LogP contribution in [-0.4, -0.2) is 22.2 Å². The normalized spacial score (nSPS) is 30.0. The van der Waals surface area contributed by atoms with Crippen LogP contribution in [0.15, 0.2) is 47.8 Å². The number of fused-ring (bicyclic) bond motifs is 1. The molecule has 4 rings (SSSR count). The van der Waals surface area contributed by atoms with E-state index in [1.807, 2.05) is 23.6 Å². The van der Waals surface area contributed by atoms with Crippen LogP contribution in [0.3, 0.4) is 0 Å². The molecule has 1 aliphatic carbocycles. The number of carbonyl (C=O) groups is 1. The number of piperidine rings is 1. The molecule has 0 spiro atoms. The number of thiophene rings is 1. The van der Waals surface area contributed by atoms with E-state index >= 15 is 0 Å². The molecule has 2 aliphatic rings. The molecule has 1 aromatic heterocycles. The Kier molecular flexibility index (Phi) is 4.40. The lowest BCUT2D eigenvalue weighted by atomic mass is 9.68. The number of amides is 1. The quantitative estimate of drug-likeness (QED) is 0.648. The van der Waals surface area contributed by atoms with E-state index in [4.69, 9.17) is 11.6 Å². The summed E-state index contributed by atoms with van der Waals surface area (Å²) in [5.41, 5.74) is 1.22. The molecule has 0 unspecified atom stereocenters. The standard InChI is InChI=1S/C20H22ClNOS/c21-20-11-5-4-9-16(20)18(15-7-2-1-3-8-15)22(13-12-20)19(23)17-10-6-14-24-17/h1-3,6-8,10,14,16,18H,4-5,9,11-13H2/t16-,18+,20-/m1/s1. The van der Waals surface area contributed by atoms with E-state index in [0.717, 1.165) is 30.7 Å². The van der Waals surface area contributed by atoms with Crippen LogP contribution in [0.5, 0.6) is 0 Å². The Balaban J connectivity index is 1.74. The zero-order valence-electron chi connectivity index (χ0n) is 13.7. The predicted molar refractivity (Wildman–Crippen MR) is 99.7 cm³/mol. The smallest absolute Gasteiger partial charge is 0.264 e. The van der Waals surface area contributed by atoms with Crippen molar-refractivity contribution in [3.8, 4) is 0 Å². The van der Waals surface area contributed by atoms with E-state index in [1.165, 1.54) is 29.7 Å². The fourth-order valence-corrected chi connectivity index (χ4v) is 5.60. The highest BCUT2D eigenvalue weighted by Crippen LogP contribution is 2.52. The van der Waals surface area contributed by atoms with E-state index in [-0.39, 0.29) is 16.8 Å². The topological polar surface area (TPSA) is 20.3 Å². The van der Waals surface area contributed by atoms with Crippen molar-refractivity contribution in [1.29, 1.82) is 0 Å².